The summed E-state index contributed by atoms with van der Waals surface area (Å²) in [5, 5.41) is 6.48. The maximum atomic E-state index is 13.3. The first-order chi connectivity index (χ1) is 11.5. The number of hydrogen-bond acceptors (Lipinski definition) is 3. The van der Waals surface area contributed by atoms with Gasteiger partial charge < -0.3 is 9.84 Å². The van der Waals surface area contributed by atoms with E-state index in [2.05, 4.69) is 10.1 Å². The van der Waals surface area contributed by atoms with Crippen LogP contribution in [0.4, 0.5) is 8.78 Å². The van der Waals surface area contributed by atoms with Crippen LogP contribution in [0.25, 0.3) is 11.4 Å². The summed E-state index contributed by atoms with van der Waals surface area (Å²) >= 11 is 5.85. The van der Waals surface area contributed by atoms with Gasteiger partial charge in [0.15, 0.2) is 18.2 Å². The minimum Gasteiger partial charge on any atom is -0.333 e. The van der Waals surface area contributed by atoms with Gasteiger partial charge in [0.25, 0.3) is 5.89 Å². The third-order valence-corrected chi connectivity index (χ3v) is 3.94. The van der Waals surface area contributed by atoms with Gasteiger partial charge in [-0.15, -0.1) is 0 Å². The Morgan fingerprint density at radius 2 is 1.88 bits per heavy atom. The SMILES string of the molecule is C[C@@H]([NH2+]Cc1nc(-c2ccc(Cl)cc2)no1)c1ccc(F)c(F)c1. The molecule has 24 heavy (non-hydrogen) atoms. The van der Waals surface area contributed by atoms with Crippen LogP contribution in [-0.4, -0.2) is 10.1 Å². The maximum Gasteiger partial charge on any atom is 0.282 e. The Morgan fingerprint density at radius 1 is 1.12 bits per heavy atom. The molecule has 2 N–H and O–H groups in total. The van der Waals surface area contributed by atoms with Crippen LogP contribution < -0.4 is 5.32 Å². The van der Waals surface area contributed by atoms with Crippen LogP contribution >= 0.6 is 11.6 Å². The fraction of sp³-hybridized carbons (Fsp3) is 0.176. The molecular formula is C17H15ClF2N3O+. The zero-order valence-corrected chi connectivity index (χ0v) is 13.6. The molecule has 1 atom stereocenters. The highest BCUT2D eigenvalue weighted by Gasteiger charge is 2.15. The molecular weight excluding hydrogens is 336 g/mol. The van der Waals surface area contributed by atoms with Gasteiger partial charge in [-0.05, 0) is 49.4 Å². The van der Waals surface area contributed by atoms with Crippen molar-refractivity contribution in [2.75, 3.05) is 0 Å². The lowest BCUT2D eigenvalue weighted by Crippen LogP contribution is -2.83. The second-order valence-electron chi connectivity index (χ2n) is 5.42. The average molecular weight is 351 g/mol. The van der Waals surface area contributed by atoms with Crippen LogP contribution in [0.2, 0.25) is 5.02 Å². The van der Waals surface area contributed by atoms with Gasteiger partial charge in [0.1, 0.15) is 6.04 Å². The molecule has 0 fully saturated rings. The summed E-state index contributed by atoms with van der Waals surface area (Å²) in [4.78, 5) is 4.32. The summed E-state index contributed by atoms with van der Waals surface area (Å²) in [6, 6.07) is 10.9. The van der Waals surface area contributed by atoms with Crippen LogP contribution in [0.3, 0.4) is 0 Å². The Hall–Kier alpha value is -2.31. The standard InChI is InChI=1S/C17H14ClF2N3O/c1-10(12-4-7-14(19)15(20)8-12)21-9-16-22-17(23-24-16)11-2-5-13(18)6-3-11/h2-8,10,21H,9H2,1H3/p+1/t10-/m1/s1. The van der Waals surface area contributed by atoms with E-state index in [9.17, 15) is 8.78 Å². The predicted molar refractivity (Wildman–Crippen MR) is 85.1 cm³/mol. The molecule has 0 unspecified atom stereocenters. The van der Waals surface area contributed by atoms with Crippen molar-refractivity contribution in [3.8, 4) is 11.4 Å². The summed E-state index contributed by atoms with van der Waals surface area (Å²) < 4.78 is 31.5. The number of halogens is 3. The predicted octanol–water partition coefficient (Wildman–Crippen LogP) is 3.49. The third-order valence-electron chi connectivity index (χ3n) is 3.69. The van der Waals surface area contributed by atoms with Crippen LogP contribution in [0.5, 0.6) is 0 Å². The Labute approximate surface area is 142 Å². The molecule has 0 aliphatic heterocycles. The highest BCUT2D eigenvalue weighted by molar-refractivity contribution is 6.30. The van der Waals surface area contributed by atoms with E-state index >= 15 is 0 Å². The minimum atomic E-state index is -0.851. The topological polar surface area (TPSA) is 55.5 Å². The Balaban J connectivity index is 1.64. The van der Waals surface area contributed by atoms with Gasteiger partial charge in [0, 0.05) is 16.1 Å². The van der Waals surface area contributed by atoms with Crippen molar-refractivity contribution in [1.82, 2.24) is 10.1 Å². The molecule has 3 rings (SSSR count). The van der Waals surface area contributed by atoms with E-state index in [-0.39, 0.29) is 6.04 Å². The molecule has 0 spiro atoms. The molecule has 2 aromatic carbocycles. The zero-order valence-electron chi connectivity index (χ0n) is 12.8. The molecule has 0 aliphatic carbocycles. The van der Waals surface area contributed by atoms with Crippen molar-refractivity contribution < 1.29 is 18.6 Å². The first kappa shape index (κ1) is 16.5. The van der Waals surface area contributed by atoms with Crippen LogP contribution in [0.15, 0.2) is 47.0 Å². The lowest BCUT2D eigenvalue weighted by molar-refractivity contribution is -0.710. The second kappa shape index (κ2) is 7.07. The molecule has 3 aromatic rings. The molecule has 4 nitrogen and oxygen atoms in total. The molecule has 0 aliphatic rings. The van der Waals surface area contributed by atoms with Gasteiger partial charge in [0.2, 0.25) is 5.82 Å². The van der Waals surface area contributed by atoms with Crippen LogP contribution in [0, 0.1) is 11.6 Å². The average Bonchev–Trinajstić information content (AvgIpc) is 3.05. The fourth-order valence-electron chi connectivity index (χ4n) is 2.26. The van der Waals surface area contributed by atoms with E-state index in [4.69, 9.17) is 16.1 Å². The van der Waals surface area contributed by atoms with E-state index in [0.29, 0.717) is 28.8 Å². The lowest BCUT2D eigenvalue weighted by atomic mass is 10.1. The van der Waals surface area contributed by atoms with E-state index in [0.717, 1.165) is 11.6 Å². The molecule has 1 heterocycles. The van der Waals surface area contributed by atoms with E-state index in [1.165, 1.54) is 6.07 Å². The molecule has 0 saturated heterocycles. The van der Waals surface area contributed by atoms with Gasteiger partial charge in [-0.25, -0.2) is 8.78 Å². The van der Waals surface area contributed by atoms with Crippen molar-refractivity contribution in [2.45, 2.75) is 19.5 Å². The second-order valence-corrected chi connectivity index (χ2v) is 5.86. The molecule has 1 aromatic heterocycles. The van der Waals surface area contributed by atoms with Crippen molar-refractivity contribution in [1.29, 1.82) is 0 Å². The summed E-state index contributed by atoms with van der Waals surface area (Å²) in [5.74, 6) is -0.768. The number of nitrogens with zero attached hydrogens (tertiary/aromatic N) is 2. The van der Waals surface area contributed by atoms with Gasteiger partial charge >= 0.3 is 0 Å². The molecule has 7 heteroatoms. The number of quaternary nitrogens is 1. The van der Waals surface area contributed by atoms with Crippen LogP contribution in [0.1, 0.15) is 24.4 Å². The quantitative estimate of drug-likeness (QED) is 0.766. The minimum absolute atomic E-state index is 0.0778. The van der Waals surface area contributed by atoms with Gasteiger partial charge in [-0.1, -0.05) is 16.8 Å². The van der Waals surface area contributed by atoms with E-state index in [1.807, 2.05) is 24.4 Å². The Morgan fingerprint density at radius 3 is 2.58 bits per heavy atom. The van der Waals surface area contributed by atoms with E-state index in [1.54, 1.807) is 18.2 Å². The van der Waals surface area contributed by atoms with Crippen molar-refractivity contribution in [3.63, 3.8) is 0 Å². The van der Waals surface area contributed by atoms with Crippen molar-refractivity contribution in [2.24, 2.45) is 0 Å². The highest BCUT2D eigenvalue weighted by atomic mass is 35.5. The molecule has 0 bridgehead atoms. The highest BCUT2D eigenvalue weighted by Crippen LogP contribution is 2.18. The summed E-state index contributed by atoms with van der Waals surface area (Å²) in [7, 11) is 0. The number of hydrogen-bond donors (Lipinski definition) is 1. The normalized spacial score (nSPS) is 12.3. The van der Waals surface area contributed by atoms with E-state index < -0.39 is 11.6 Å². The summed E-state index contributed by atoms with van der Waals surface area (Å²) in [6.45, 7) is 2.32. The molecule has 0 radical (unpaired) electrons. The van der Waals surface area contributed by atoms with Gasteiger partial charge in [-0.2, -0.15) is 4.98 Å². The molecule has 124 valence electrons. The Bertz CT molecular complexity index is 836. The first-order valence-electron chi connectivity index (χ1n) is 7.40. The zero-order chi connectivity index (χ0) is 17.1. The van der Waals surface area contributed by atoms with Gasteiger partial charge in [-0.3, -0.25) is 0 Å². The number of nitrogens with two attached hydrogens (primary N) is 1. The lowest BCUT2D eigenvalue weighted by Gasteiger charge is -2.09. The summed E-state index contributed by atoms with van der Waals surface area (Å²) in [5.41, 5.74) is 1.49. The fourth-order valence-corrected chi connectivity index (χ4v) is 2.39. The number of rotatable bonds is 5. The molecule has 0 saturated carbocycles. The summed E-state index contributed by atoms with van der Waals surface area (Å²) in [6.07, 6.45) is 0. The van der Waals surface area contributed by atoms with Crippen molar-refractivity contribution >= 4 is 11.6 Å². The maximum absolute atomic E-state index is 13.3. The largest absolute Gasteiger partial charge is 0.333 e. The Kier molecular flexibility index (Phi) is 4.87. The monoisotopic (exact) mass is 350 g/mol. The smallest absolute Gasteiger partial charge is 0.282 e. The third kappa shape index (κ3) is 3.77. The number of aromatic nitrogens is 2. The molecule has 0 amide bonds. The number of benzene rings is 2. The first-order valence-corrected chi connectivity index (χ1v) is 7.77. The van der Waals surface area contributed by atoms with Crippen molar-refractivity contribution in [3.05, 3.63) is 70.6 Å². The van der Waals surface area contributed by atoms with Crippen LogP contribution in [-0.2, 0) is 6.54 Å². The van der Waals surface area contributed by atoms with Gasteiger partial charge in [0.05, 0.1) is 0 Å².